The molecular formula is C17H34N2O3S2. The molecule has 0 aliphatic rings. The Balaban J connectivity index is 3.21. The Bertz CT molecular complexity index is 316. The summed E-state index contributed by atoms with van der Waals surface area (Å²) in [5.74, 6) is 2.55. The van der Waals surface area contributed by atoms with Gasteiger partial charge in [-0.2, -0.15) is 0 Å². The van der Waals surface area contributed by atoms with Gasteiger partial charge >= 0.3 is 0 Å². The maximum Gasteiger partial charge on any atom is 0.146 e. The second-order valence-electron chi connectivity index (χ2n) is 5.64. The van der Waals surface area contributed by atoms with Crippen LogP contribution >= 0.6 is 21.6 Å². The molecule has 2 N–H and O–H groups in total. The van der Waals surface area contributed by atoms with Crippen molar-refractivity contribution in [3.63, 3.8) is 0 Å². The SMILES string of the molecule is CNCCSSCOCCCC(=O)CNCCOC/C=C/C(C)C. The summed E-state index contributed by atoms with van der Waals surface area (Å²) in [5.41, 5.74) is 0. The summed E-state index contributed by atoms with van der Waals surface area (Å²) in [6.45, 7) is 8.32. The lowest BCUT2D eigenvalue weighted by molar-refractivity contribution is -0.118. The Morgan fingerprint density at radius 1 is 1.17 bits per heavy atom. The Morgan fingerprint density at radius 2 is 2.00 bits per heavy atom. The lowest BCUT2D eigenvalue weighted by Gasteiger charge is -2.05. The average molecular weight is 379 g/mol. The molecular weight excluding hydrogens is 344 g/mol. The van der Waals surface area contributed by atoms with Crippen LogP contribution in [0.3, 0.4) is 0 Å². The molecule has 24 heavy (non-hydrogen) atoms. The van der Waals surface area contributed by atoms with Crippen molar-refractivity contribution in [3.05, 3.63) is 12.2 Å². The van der Waals surface area contributed by atoms with Gasteiger partial charge in [-0.05, 0) is 19.4 Å². The fourth-order valence-electron chi connectivity index (χ4n) is 1.64. The van der Waals surface area contributed by atoms with Crippen molar-refractivity contribution < 1.29 is 14.3 Å². The average Bonchev–Trinajstić information content (AvgIpc) is 2.55. The molecule has 0 atom stereocenters. The van der Waals surface area contributed by atoms with Gasteiger partial charge in [0.05, 0.1) is 19.8 Å². The maximum atomic E-state index is 11.7. The zero-order valence-electron chi connectivity index (χ0n) is 15.3. The van der Waals surface area contributed by atoms with Crippen LogP contribution in [0, 0.1) is 5.92 Å². The van der Waals surface area contributed by atoms with E-state index in [0.29, 0.717) is 51.2 Å². The quantitative estimate of drug-likeness (QED) is 0.165. The maximum absolute atomic E-state index is 11.7. The first kappa shape index (κ1) is 23.9. The summed E-state index contributed by atoms with van der Waals surface area (Å²) >= 11 is 0. The van der Waals surface area contributed by atoms with E-state index in [1.54, 1.807) is 21.6 Å². The van der Waals surface area contributed by atoms with Crippen LogP contribution in [-0.4, -0.2) is 64.0 Å². The molecule has 0 aromatic heterocycles. The predicted molar refractivity (Wildman–Crippen MR) is 107 cm³/mol. The van der Waals surface area contributed by atoms with E-state index in [1.807, 2.05) is 13.1 Å². The monoisotopic (exact) mass is 378 g/mol. The van der Waals surface area contributed by atoms with Crippen LogP contribution in [0.2, 0.25) is 0 Å². The normalized spacial score (nSPS) is 11.7. The standard InChI is InChI=1S/C17H34N2O3S2/c1-16(2)6-4-10-21-12-8-19-14-17(20)7-5-11-22-15-24-23-13-9-18-3/h4,6,16,18-19H,5,7-15H2,1-3H3/b6-4+. The molecule has 0 amide bonds. The summed E-state index contributed by atoms with van der Waals surface area (Å²) in [6.07, 6.45) is 5.52. The first-order valence-corrected chi connectivity index (χ1v) is 11.1. The minimum absolute atomic E-state index is 0.231. The number of ketones is 1. The van der Waals surface area contributed by atoms with Crippen molar-refractivity contribution in [3.8, 4) is 0 Å². The highest BCUT2D eigenvalue weighted by Gasteiger charge is 2.01. The summed E-state index contributed by atoms with van der Waals surface area (Å²) in [5, 5.41) is 6.21. The van der Waals surface area contributed by atoms with Crippen molar-refractivity contribution in [2.24, 2.45) is 5.92 Å². The topological polar surface area (TPSA) is 59.6 Å². The van der Waals surface area contributed by atoms with Gasteiger partial charge in [-0.3, -0.25) is 4.79 Å². The van der Waals surface area contributed by atoms with E-state index in [9.17, 15) is 4.79 Å². The second-order valence-corrected chi connectivity index (χ2v) is 8.17. The first-order chi connectivity index (χ1) is 11.7. The molecule has 7 heteroatoms. The smallest absolute Gasteiger partial charge is 0.146 e. The third-order valence-electron chi connectivity index (χ3n) is 2.87. The molecule has 142 valence electrons. The van der Waals surface area contributed by atoms with Crippen molar-refractivity contribution in [1.82, 2.24) is 10.6 Å². The molecule has 5 nitrogen and oxygen atoms in total. The molecule has 0 fully saturated rings. The Hall–Kier alpha value is -0.0500. The second kappa shape index (κ2) is 19.3. The van der Waals surface area contributed by atoms with E-state index in [2.05, 4.69) is 30.6 Å². The van der Waals surface area contributed by atoms with Crippen LogP contribution in [0.5, 0.6) is 0 Å². The molecule has 0 rings (SSSR count). The van der Waals surface area contributed by atoms with Gasteiger partial charge in [0.25, 0.3) is 0 Å². The fourth-order valence-corrected chi connectivity index (χ4v) is 3.31. The summed E-state index contributed by atoms with van der Waals surface area (Å²) in [4.78, 5) is 11.7. The van der Waals surface area contributed by atoms with Crippen molar-refractivity contribution in [2.45, 2.75) is 26.7 Å². The number of carbonyl (C=O) groups excluding carboxylic acids is 1. The van der Waals surface area contributed by atoms with Crippen molar-refractivity contribution >= 4 is 27.4 Å². The molecule has 0 spiro atoms. The minimum Gasteiger partial charge on any atom is -0.376 e. The molecule has 0 saturated carbocycles. The molecule has 0 saturated heterocycles. The third kappa shape index (κ3) is 20.0. The van der Waals surface area contributed by atoms with Gasteiger partial charge < -0.3 is 20.1 Å². The lowest BCUT2D eigenvalue weighted by atomic mass is 10.2. The minimum atomic E-state index is 0.231. The Kier molecular flexibility index (Phi) is 19.2. The number of hydrogen-bond acceptors (Lipinski definition) is 7. The van der Waals surface area contributed by atoms with E-state index >= 15 is 0 Å². The van der Waals surface area contributed by atoms with Crippen LogP contribution < -0.4 is 10.6 Å². The number of allylic oxidation sites excluding steroid dienone is 1. The Morgan fingerprint density at radius 3 is 2.75 bits per heavy atom. The molecule has 0 unspecified atom stereocenters. The number of hydrogen-bond donors (Lipinski definition) is 2. The van der Waals surface area contributed by atoms with Crippen molar-refractivity contribution in [1.29, 1.82) is 0 Å². The van der Waals surface area contributed by atoms with Crippen molar-refractivity contribution in [2.75, 3.05) is 58.2 Å². The van der Waals surface area contributed by atoms with Crippen LogP contribution in [-0.2, 0) is 14.3 Å². The van der Waals surface area contributed by atoms with Crippen LogP contribution in [0.4, 0.5) is 0 Å². The third-order valence-corrected chi connectivity index (χ3v) is 4.96. The predicted octanol–water partition coefficient (Wildman–Crippen LogP) is 2.73. The van der Waals surface area contributed by atoms with Gasteiger partial charge in [0.1, 0.15) is 11.7 Å². The van der Waals surface area contributed by atoms with E-state index in [1.165, 1.54) is 0 Å². The van der Waals surface area contributed by atoms with Gasteiger partial charge in [-0.15, -0.1) is 0 Å². The van der Waals surface area contributed by atoms with Crippen LogP contribution in [0.1, 0.15) is 26.7 Å². The van der Waals surface area contributed by atoms with E-state index in [0.717, 1.165) is 18.7 Å². The number of carbonyl (C=O) groups is 1. The van der Waals surface area contributed by atoms with E-state index in [4.69, 9.17) is 9.47 Å². The highest BCUT2D eigenvalue weighted by atomic mass is 33.1. The molecule has 0 radical (unpaired) electrons. The number of nitrogens with one attached hydrogen (secondary N) is 2. The number of rotatable bonds is 18. The van der Waals surface area contributed by atoms with Gasteiger partial charge in [0.15, 0.2) is 0 Å². The molecule has 0 heterocycles. The molecule has 0 aliphatic carbocycles. The fraction of sp³-hybridized carbons (Fsp3) is 0.824. The summed E-state index contributed by atoms with van der Waals surface area (Å²) in [6, 6.07) is 0. The first-order valence-electron chi connectivity index (χ1n) is 8.60. The highest BCUT2D eigenvalue weighted by Crippen LogP contribution is 2.20. The van der Waals surface area contributed by atoms with Crippen LogP contribution in [0.15, 0.2) is 12.2 Å². The zero-order valence-corrected chi connectivity index (χ0v) is 17.0. The zero-order chi connectivity index (χ0) is 17.9. The Labute approximate surface area is 155 Å². The van der Waals surface area contributed by atoms with Gasteiger partial charge in [0, 0.05) is 31.9 Å². The number of ether oxygens (including phenoxy) is 2. The van der Waals surface area contributed by atoms with Gasteiger partial charge in [-0.25, -0.2) is 0 Å². The van der Waals surface area contributed by atoms with Gasteiger partial charge in [-0.1, -0.05) is 47.6 Å². The van der Waals surface area contributed by atoms with Gasteiger partial charge in [0.2, 0.25) is 0 Å². The molecule has 0 bridgehead atoms. The molecule has 0 aliphatic heterocycles. The largest absolute Gasteiger partial charge is 0.376 e. The summed E-state index contributed by atoms with van der Waals surface area (Å²) in [7, 11) is 5.47. The number of Topliss-reactive ketones (excluding diaryl/α,β-unsaturated/α-hetero) is 1. The highest BCUT2D eigenvalue weighted by molar-refractivity contribution is 8.76. The summed E-state index contributed by atoms with van der Waals surface area (Å²) < 4.78 is 10.9. The molecule has 0 aromatic rings. The van der Waals surface area contributed by atoms with E-state index < -0.39 is 0 Å². The van der Waals surface area contributed by atoms with Crippen LogP contribution in [0.25, 0.3) is 0 Å². The lowest BCUT2D eigenvalue weighted by Crippen LogP contribution is -2.26. The van der Waals surface area contributed by atoms with E-state index in [-0.39, 0.29) is 5.78 Å². The molecule has 0 aromatic carbocycles.